The first-order valence-corrected chi connectivity index (χ1v) is 15.0. The summed E-state index contributed by atoms with van der Waals surface area (Å²) in [6, 6.07) is 12.6. The molecule has 2 aliphatic rings. The van der Waals surface area contributed by atoms with Crippen LogP contribution in [-0.2, 0) is 25.6 Å². The summed E-state index contributed by atoms with van der Waals surface area (Å²) in [5, 5.41) is 0. The highest BCUT2D eigenvalue weighted by molar-refractivity contribution is 5.99. The Morgan fingerprint density at radius 3 is 2.16 bits per heavy atom. The molecule has 1 unspecified atom stereocenters. The normalized spacial score (nSPS) is 19.5. The molecule has 1 saturated heterocycles. The third-order valence-corrected chi connectivity index (χ3v) is 9.15. The van der Waals surface area contributed by atoms with Gasteiger partial charge in [0.05, 0.1) is 5.56 Å². The van der Waals surface area contributed by atoms with Crippen LogP contribution in [0.5, 0.6) is 5.75 Å². The second kappa shape index (κ2) is 13.1. The Morgan fingerprint density at radius 2 is 1.51 bits per heavy atom. The number of carbonyl (C=O) groups excluding carboxylic acids is 1. The fourth-order valence-corrected chi connectivity index (χ4v) is 6.78. The van der Waals surface area contributed by atoms with E-state index in [1.807, 2.05) is 0 Å². The zero-order valence-electron chi connectivity index (χ0n) is 24.4. The molecular formula is C34H33F8NO2. The number of alkyl halides is 6. The minimum atomic E-state index is -4.82. The Hall–Kier alpha value is -3.47. The van der Waals surface area contributed by atoms with Crippen LogP contribution in [0.1, 0.15) is 71.1 Å². The van der Waals surface area contributed by atoms with Gasteiger partial charge in [-0.05, 0) is 123 Å². The molecule has 45 heavy (non-hydrogen) atoms. The number of Topliss-reactive ketones (excluding diaryl/α,β-unsaturated/α-hetero) is 1. The van der Waals surface area contributed by atoms with Crippen molar-refractivity contribution in [2.75, 3.05) is 13.1 Å². The maximum Gasteiger partial charge on any atom is 0.573 e. The fourth-order valence-electron chi connectivity index (χ4n) is 6.78. The largest absolute Gasteiger partial charge is 0.573 e. The molecule has 1 aliphatic carbocycles. The van der Waals surface area contributed by atoms with Crippen LogP contribution >= 0.6 is 0 Å². The summed E-state index contributed by atoms with van der Waals surface area (Å²) in [5.41, 5.74) is 0.974. The predicted octanol–water partition coefficient (Wildman–Crippen LogP) is 9.32. The van der Waals surface area contributed by atoms with E-state index in [0.29, 0.717) is 68.4 Å². The van der Waals surface area contributed by atoms with E-state index in [0.717, 1.165) is 37.5 Å². The number of aryl methyl sites for hydroxylation is 2. The SMILES string of the molecule is O=C1c2ccc(C(F)(F)F)cc2CCCC2(CCN(Cc3ccc(F)c(F)c3)CC2)CC1CCc1ccc(OC(F)(F)F)cc1. The number of piperidine rings is 1. The lowest BCUT2D eigenvalue weighted by molar-refractivity contribution is -0.274. The van der Waals surface area contributed by atoms with Gasteiger partial charge in [-0.2, -0.15) is 13.2 Å². The minimum absolute atomic E-state index is 0.221. The van der Waals surface area contributed by atoms with Crippen molar-refractivity contribution in [2.45, 2.75) is 70.4 Å². The second-order valence-electron chi connectivity index (χ2n) is 12.2. The summed E-state index contributed by atoms with van der Waals surface area (Å²) in [5.74, 6) is -2.90. The van der Waals surface area contributed by atoms with Crippen LogP contribution in [0.3, 0.4) is 0 Å². The monoisotopic (exact) mass is 639 g/mol. The zero-order chi connectivity index (χ0) is 32.4. The molecule has 3 aromatic carbocycles. The van der Waals surface area contributed by atoms with Crippen LogP contribution in [0.2, 0.25) is 0 Å². The van der Waals surface area contributed by atoms with Gasteiger partial charge in [-0.1, -0.05) is 24.3 Å². The van der Waals surface area contributed by atoms with Crippen molar-refractivity contribution in [3.63, 3.8) is 0 Å². The first-order chi connectivity index (χ1) is 21.2. The number of carbonyl (C=O) groups is 1. The highest BCUT2D eigenvalue weighted by Crippen LogP contribution is 2.45. The molecule has 5 rings (SSSR count). The van der Waals surface area contributed by atoms with E-state index in [-0.39, 0.29) is 22.5 Å². The van der Waals surface area contributed by atoms with Crippen molar-refractivity contribution in [2.24, 2.45) is 11.3 Å². The first kappa shape index (κ1) is 32.9. The van der Waals surface area contributed by atoms with Crippen LogP contribution in [0.4, 0.5) is 35.1 Å². The maximum absolute atomic E-state index is 14.0. The molecule has 1 aliphatic heterocycles. The number of likely N-dealkylation sites (tertiary alicyclic amines) is 1. The lowest BCUT2D eigenvalue weighted by Gasteiger charge is -2.43. The number of hydrogen-bond acceptors (Lipinski definition) is 3. The Balaban J connectivity index is 1.35. The van der Waals surface area contributed by atoms with Gasteiger partial charge in [0.2, 0.25) is 0 Å². The Labute approximate surface area is 256 Å². The Kier molecular flexibility index (Phi) is 9.58. The summed E-state index contributed by atoms with van der Waals surface area (Å²) >= 11 is 0. The van der Waals surface area contributed by atoms with E-state index >= 15 is 0 Å². The standard InChI is InChI=1S/C34H33F8NO2/c35-29-12-6-23(18-30(29)36)21-43-16-14-32(15-17-43)13-1-2-24-19-26(33(37,38)39)8-11-28(24)31(44)25(20-32)7-3-22-4-9-27(10-5-22)45-34(40,41)42/h4-6,8-12,18-19,25H,1-3,7,13-17,20-21H2. The van der Waals surface area contributed by atoms with Crippen LogP contribution in [-0.4, -0.2) is 30.1 Å². The smallest absolute Gasteiger partial charge is 0.406 e. The van der Waals surface area contributed by atoms with E-state index in [1.165, 1.54) is 36.4 Å². The van der Waals surface area contributed by atoms with Crippen molar-refractivity contribution in [1.82, 2.24) is 4.90 Å². The van der Waals surface area contributed by atoms with Gasteiger partial charge >= 0.3 is 12.5 Å². The van der Waals surface area contributed by atoms with Gasteiger partial charge in [-0.15, -0.1) is 13.2 Å². The van der Waals surface area contributed by atoms with Gasteiger partial charge in [0, 0.05) is 18.0 Å². The molecule has 1 heterocycles. The van der Waals surface area contributed by atoms with Gasteiger partial charge in [0.15, 0.2) is 17.4 Å². The average Bonchev–Trinajstić information content (AvgIpc) is 3.02. The molecule has 242 valence electrons. The number of hydrogen-bond donors (Lipinski definition) is 0. The topological polar surface area (TPSA) is 29.5 Å². The molecule has 1 atom stereocenters. The van der Waals surface area contributed by atoms with Crippen LogP contribution in [0, 0.1) is 23.0 Å². The van der Waals surface area contributed by atoms with Gasteiger partial charge in [-0.25, -0.2) is 8.78 Å². The van der Waals surface area contributed by atoms with Gasteiger partial charge in [0.25, 0.3) is 0 Å². The van der Waals surface area contributed by atoms with Crippen LogP contribution in [0.15, 0.2) is 60.7 Å². The van der Waals surface area contributed by atoms with Crippen molar-refractivity contribution in [3.8, 4) is 5.75 Å². The van der Waals surface area contributed by atoms with E-state index in [2.05, 4.69) is 9.64 Å². The molecule has 0 bridgehead atoms. The summed E-state index contributed by atoms with van der Waals surface area (Å²) in [7, 11) is 0. The number of fused-ring (bicyclic) bond motifs is 1. The van der Waals surface area contributed by atoms with E-state index in [9.17, 15) is 39.9 Å². The molecule has 0 N–H and O–H groups in total. The third kappa shape index (κ3) is 8.42. The zero-order valence-corrected chi connectivity index (χ0v) is 24.4. The van der Waals surface area contributed by atoms with Gasteiger partial charge < -0.3 is 4.74 Å². The summed E-state index contributed by atoms with van der Waals surface area (Å²) < 4.78 is 109. The quantitative estimate of drug-likeness (QED) is 0.252. The number of ether oxygens (including phenoxy) is 1. The van der Waals surface area contributed by atoms with E-state index in [4.69, 9.17) is 0 Å². The number of nitrogens with zero attached hydrogens (tertiary/aromatic N) is 1. The Morgan fingerprint density at radius 1 is 0.822 bits per heavy atom. The summed E-state index contributed by atoms with van der Waals surface area (Å²) in [6.45, 7) is 1.76. The summed E-state index contributed by atoms with van der Waals surface area (Å²) in [6.07, 6.45) is -4.95. The van der Waals surface area contributed by atoms with Gasteiger partial charge in [-0.3, -0.25) is 9.69 Å². The van der Waals surface area contributed by atoms with Gasteiger partial charge in [0.1, 0.15) is 5.75 Å². The first-order valence-electron chi connectivity index (χ1n) is 15.0. The molecular weight excluding hydrogens is 606 g/mol. The molecule has 0 radical (unpaired) electrons. The maximum atomic E-state index is 14.0. The molecule has 1 fully saturated rings. The molecule has 3 nitrogen and oxygen atoms in total. The molecule has 3 aromatic rings. The number of benzene rings is 3. The predicted molar refractivity (Wildman–Crippen MR) is 152 cm³/mol. The highest BCUT2D eigenvalue weighted by Gasteiger charge is 2.40. The molecule has 0 aromatic heterocycles. The van der Waals surface area contributed by atoms with Crippen LogP contribution in [0.25, 0.3) is 0 Å². The van der Waals surface area contributed by atoms with Crippen molar-refractivity contribution < 1.29 is 44.7 Å². The number of rotatable bonds is 6. The number of ketones is 1. The highest BCUT2D eigenvalue weighted by atomic mass is 19.4. The average molecular weight is 640 g/mol. The molecule has 1 spiro atoms. The van der Waals surface area contributed by atoms with E-state index in [1.54, 1.807) is 6.07 Å². The fraction of sp³-hybridized carbons (Fsp3) is 0.441. The van der Waals surface area contributed by atoms with Crippen molar-refractivity contribution in [1.29, 1.82) is 0 Å². The van der Waals surface area contributed by atoms with E-state index < -0.39 is 35.7 Å². The molecule has 0 amide bonds. The molecule has 0 saturated carbocycles. The second-order valence-corrected chi connectivity index (χ2v) is 12.2. The minimum Gasteiger partial charge on any atom is -0.406 e. The Bertz CT molecular complexity index is 1490. The lowest BCUT2D eigenvalue weighted by atomic mass is 9.67. The summed E-state index contributed by atoms with van der Waals surface area (Å²) in [4.78, 5) is 16.2. The number of halogens is 8. The third-order valence-electron chi connectivity index (χ3n) is 9.15. The molecule has 11 heteroatoms. The lowest BCUT2D eigenvalue weighted by Crippen LogP contribution is -2.41. The van der Waals surface area contributed by atoms with Crippen LogP contribution < -0.4 is 4.74 Å². The van der Waals surface area contributed by atoms with Crippen molar-refractivity contribution >= 4 is 5.78 Å². The van der Waals surface area contributed by atoms with Crippen molar-refractivity contribution in [3.05, 3.63) is 100 Å².